The van der Waals surface area contributed by atoms with E-state index in [1.54, 1.807) is 6.07 Å². The van der Waals surface area contributed by atoms with Crippen LogP contribution in [-0.2, 0) is 17.7 Å². The van der Waals surface area contributed by atoms with Gasteiger partial charge in [0.15, 0.2) is 0 Å². The number of hydrogen-bond donors (Lipinski definition) is 1. The molecule has 0 amide bonds. The molecular weight excluding hydrogens is 262 g/mol. The fourth-order valence-electron chi connectivity index (χ4n) is 2.26. The van der Waals surface area contributed by atoms with Gasteiger partial charge in [0.2, 0.25) is 0 Å². The molecule has 0 radical (unpaired) electrons. The Hall–Kier alpha value is -2.13. The van der Waals surface area contributed by atoms with E-state index in [-0.39, 0.29) is 5.97 Å². The molecule has 3 nitrogen and oxygen atoms in total. The van der Waals surface area contributed by atoms with E-state index < -0.39 is 0 Å². The lowest BCUT2D eigenvalue weighted by Gasteiger charge is -2.14. The van der Waals surface area contributed by atoms with Gasteiger partial charge in [0.05, 0.1) is 12.7 Å². The first kappa shape index (κ1) is 15.3. The smallest absolute Gasteiger partial charge is 0.337 e. The van der Waals surface area contributed by atoms with Crippen molar-refractivity contribution >= 4 is 5.97 Å². The molecule has 110 valence electrons. The molecule has 21 heavy (non-hydrogen) atoms. The average molecular weight is 283 g/mol. The zero-order valence-electron chi connectivity index (χ0n) is 12.5. The number of hydrogen-bond acceptors (Lipinski definition) is 3. The van der Waals surface area contributed by atoms with E-state index in [1.165, 1.54) is 12.7 Å². The van der Waals surface area contributed by atoms with Crippen LogP contribution in [0.4, 0.5) is 0 Å². The fraction of sp³-hybridized carbons (Fsp3) is 0.278. The van der Waals surface area contributed by atoms with Crippen molar-refractivity contribution in [2.24, 2.45) is 0 Å². The molecule has 2 aromatic carbocycles. The van der Waals surface area contributed by atoms with Crippen LogP contribution in [0.15, 0.2) is 54.6 Å². The molecule has 2 aromatic rings. The van der Waals surface area contributed by atoms with Crippen molar-refractivity contribution in [3.05, 3.63) is 71.3 Å². The lowest BCUT2D eigenvalue weighted by molar-refractivity contribution is 0.0600. The molecule has 1 unspecified atom stereocenters. The van der Waals surface area contributed by atoms with Crippen LogP contribution < -0.4 is 5.32 Å². The second-order valence-corrected chi connectivity index (χ2v) is 5.16. The van der Waals surface area contributed by atoms with E-state index in [9.17, 15) is 4.79 Å². The lowest BCUT2D eigenvalue weighted by atomic mass is 10.0. The molecule has 0 aliphatic heterocycles. The number of nitrogens with one attached hydrogen (secondary N) is 1. The standard InChI is InChI=1S/C18H21NO2/c1-14(19-13-15-7-4-3-5-8-15)11-16-9-6-10-17(12-16)18(20)21-2/h3-10,12,14,19H,11,13H2,1-2H3. The molecule has 0 saturated carbocycles. The first-order valence-corrected chi connectivity index (χ1v) is 7.13. The predicted molar refractivity (Wildman–Crippen MR) is 84.2 cm³/mol. The molecule has 1 N–H and O–H groups in total. The maximum atomic E-state index is 11.5. The van der Waals surface area contributed by atoms with Gasteiger partial charge in [-0.2, -0.15) is 0 Å². The largest absolute Gasteiger partial charge is 0.465 e. The van der Waals surface area contributed by atoms with E-state index in [2.05, 4.69) is 24.4 Å². The van der Waals surface area contributed by atoms with Crippen LogP contribution in [-0.4, -0.2) is 19.1 Å². The van der Waals surface area contributed by atoms with Gasteiger partial charge in [0.25, 0.3) is 0 Å². The Bertz CT molecular complexity index is 581. The molecule has 2 rings (SSSR count). The molecule has 0 bridgehead atoms. The summed E-state index contributed by atoms with van der Waals surface area (Å²) in [4.78, 5) is 11.5. The van der Waals surface area contributed by atoms with Gasteiger partial charge in [-0.05, 0) is 36.6 Å². The van der Waals surface area contributed by atoms with Gasteiger partial charge >= 0.3 is 5.97 Å². The van der Waals surface area contributed by atoms with Crippen molar-refractivity contribution in [3.8, 4) is 0 Å². The molecule has 1 atom stereocenters. The van der Waals surface area contributed by atoms with Crippen molar-refractivity contribution in [1.29, 1.82) is 0 Å². The monoisotopic (exact) mass is 283 g/mol. The number of esters is 1. The van der Waals surface area contributed by atoms with E-state index >= 15 is 0 Å². The summed E-state index contributed by atoms with van der Waals surface area (Å²) in [6.07, 6.45) is 0.873. The quantitative estimate of drug-likeness (QED) is 0.827. The summed E-state index contributed by atoms with van der Waals surface area (Å²) in [5.74, 6) is -0.290. The van der Waals surface area contributed by atoms with Gasteiger partial charge in [-0.1, -0.05) is 42.5 Å². The predicted octanol–water partition coefficient (Wildman–Crippen LogP) is 3.19. The summed E-state index contributed by atoms with van der Waals surface area (Å²) in [6, 6.07) is 18.3. The molecular formula is C18H21NO2. The number of rotatable bonds is 6. The van der Waals surface area contributed by atoms with Gasteiger partial charge in [-0.25, -0.2) is 4.79 Å². The van der Waals surface area contributed by atoms with Gasteiger partial charge in [-0.3, -0.25) is 0 Å². The molecule has 3 heteroatoms. The highest BCUT2D eigenvalue weighted by atomic mass is 16.5. The Labute approximate surface area is 126 Å². The Kier molecular flexibility index (Phi) is 5.52. The van der Waals surface area contributed by atoms with Gasteiger partial charge in [0, 0.05) is 12.6 Å². The summed E-state index contributed by atoms with van der Waals surface area (Å²) in [5.41, 5.74) is 3.00. The van der Waals surface area contributed by atoms with Crippen molar-refractivity contribution in [3.63, 3.8) is 0 Å². The van der Waals surface area contributed by atoms with Crippen molar-refractivity contribution in [1.82, 2.24) is 5.32 Å². The zero-order valence-corrected chi connectivity index (χ0v) is 12.5. The topological polar surface area (TPSA) is 38.3 Å². The molecule has 0 aromatic heterocycles. The van der Waals surface area contributed by atoms with E-state index in [0.717, 1.165) is 18.5 Å². The summed E-state index contributed by atoms with van der Waals surface area (Å²) >= 11 is 0. The van der Waals surface area contributed by atoms with Gasteiger partial charge in [0.1, 0.15) is 0 Å². The van der Waals surface area contributed by atoms with E-state index in [0.29, 0.717) is 11.6 Å². The second-order valence-electron chi connectivity index (χ2n) is 5.16. The second kappa shape index (κ2) is 7.60. The van der Waals surface area contributed by atoms with Crippen LogP contribution in [0.5, 0.6) is 0 Å². The highest BCUT2D eigenvalue weighted by Crippen LogP contribution is 2.09. The van der Waals surface area contributed by atoms with Gasteiger partial charge < -0.3 is 10.1 Å². The third-order valence-corrected chi connectivity index (χ3v) is 3.39. The summed E-state index contributed by atoms with van der Waals surface area (Å²) in [5, 5.41) is 3.49. The summed E-state index contributed by atoms with van der Waals surface area (Å²) in [7, 11) is 1.40. The highest BCUT2D eigenvalue weighted by molar-refractivity contribution is 5.89. The normalized spacial score (nSPS) is 11.9. The molecule has 0 saturated heterocycles. The Morgan fingerprint density at radius 2 is 1.81 bits per heavy atom. The number of carbonyl (C=O) groups excluding carboxylic acids is 1. The third kappa shape index (κ3) is 4.72. The third-order valence-electron chi connectivity index (χ3n) is 3.39. The fourth-order valence-corrected chi connectivity index (χ4v) is 2.26. The minimum Gasteiger partial charge on any atom is -0.465 e. The molecule has 0 spiro atoms. The highest BCUT2D eigenvalue weighted by Gasteiger charge is 2.08. The molecule has 0 aliphatic rings. The summed E-state index contributed by atoms with van der Waals surface area (Å²) in [6.45, 7) is 2.99. The summed E-state index contributed by atoms with van der Waals surface area (Å²) < 4.78 is 4.75. The first-order chi connectivity index (χ1) is 10.2. The Morgan fingerprint density at radius 1 is 1.10 bits per heavy atom. The minimum atomic E-state index is -0.290. The Balaban J connectivity index is 1.90. The van der Waals surface area contributed by atoms with Crippen LogP contribution in [0.3, 0.4) is 0 Å². The zero-order chi connectivity index (χ0) is 15.1. The SMILES string of the molecule is COC(=O)c1cccc(CC(C)NCc2ccccc2)c1. The van der Waals surface area contributed by atoms with Crippen LogP contribution in [0, 0.1) is 0 Å². The number of carbonyl (C=O) groups is 1. The number of methoxy groups -OCH3 is 1. The van der Waals surface area contributed by atoms with Crippen LogP contribution in [0.2, 0.25) is 0 Å². The number of benzene rings is 2. The maximum absolute atomic E-state index is 11.5. The van der Waals surface area contributed by atoms with E-state index in [1.807, 2.05) is 36.4 Å². The minimum absolute atomic E-state index is 0.290. The number of ether oxygens (including phenoxy) is 1. The Morgan fingerprint density at radius 3 is 2.52 bits per heavy atom. The van der Waals surface area contributed by atoms with Crippen LogP contribution in [0.1, 0.15) is 28.4 Å². The molecule has 0 aliphatic carbocycles. The molecule has 0 heterocycles. The maximum Gasteiger partial charge on any atom is 0.337 e. The van der Waals surface area contributed by atoms with Crippen molar-refractivity contribution in [2.75, 3.05) is 7.11 Å². The average Bonchev–Trinajstić information content (AvgIpc) is 2.53. The van der Waals surface area contributed by atoms with E-state index in [4.69, 9.17) is 4.74 Å². The van der Waals surface area contributed by atoms with Crippen LogP contribution in [0.25, 0.3) is 0 Å². The van der Waals surface area contributed by atoms with Crippen molar-refractivity contribution in [2.45, 2.75) is 25.9 Å². The first-order valence-electron chi connectivity index (χ1n) is 7.13. The lowest BCUT2D eigenvalue weighted by Crippen LogP contribution is -2.27. The molecule has 0 fully saturated rings. The van der Waals surface area contributed by atoms with Crippen molar-refractivity contribution < 1.29 is 9.53 Å². The van der Waals surface area contributed by atoms with Crippen LogP contribution >= 0.6 is 0 Å². The van der Waals surface area contributed by atoms with Gasteiger partial charge in [-0.15, -0.1) is 0 Å².